The van der Waals surface area contributed by atoms with Crippen LogP contribution < -0.4 is 0 Å². The van der Waals surface area contributed by atoms with E-state index in [4.69, 9.17) is 4.98 Å². The molecular formula is C42H26N2S. The third kappa shape index (κ3) is 4.24. The Morgan fingerprint density at radius 2 is 0.844 bits per heavy atom. The van der Waals surface area contributed by atoms with Crippen molar-refractivity contribution in [3.63, 3.8) is 0 Å². The first-order valence-corrected chi connectivity index (χ1v) is 16.0. The molecule has 0 aliphatic rings. The van der Waals surface area contributed by atoms with Gasteiger partial charge < -0.3 is 0 Å². The smallest absolute Gasteiger partial charge is 0.124 e. The van der Waals surface area contributed by atoms with Crippen LogP contribution in [0.3, 0.4) is 0 Å². The van der Waals surface area contributed by atoms with Gasteiger partial charge in [-0.3, -0.25) is 4.98 Å². The van der Waals surface area contributed by atoms with E-state index in [-0.39, 0.29) is 0 Å². The molecule has 0 spiro atoms. The zero-order valence-electron chi connectivity index (χ0n) is 24.3. The van der Waals surface area contributed by atoms with E-state index in [9.17, 15) is 0 Å². The fraction of sp³-hybridized carbons (Fsp3) is 0. The molecule has 45 heavy (non-hydrogen) atoms. The highest BCUT2D eigenvalue weighted by Gasteiger charge is 2.22. The van der Waals surface area contributed by atoms with E-state index in [1.165, 1.54) is 65.7 Å². The van der Waals surface area contributed by atoms with Crippen LogP contribution in [0, 0.1) is 0 Å². The summed E-state index contributed by atoms with van der Waals surface area (Å²) in [5.74, 6) is 0. The predicted molar refractivity (Wildman–Crippen MR) is 191 cm³/mol. The number of hydrogen-bond acceptors (Lipinski definition) is 3. The maximum absolute atomic E-state index is 4.99. The normalized spacial score (nSPS) is 11.6. The van der Waals surface area contributed by atoms with Crippen molar-refractivity contribution in [1.82, 2.24) is 9.97 Å². The summed E-state index contributed by atoms with van der Waals surface area (Å²) in [7, 11) is 0. The van der Waals surface area contributed by atoms with Gasteiger partial charge in [0.25, 0.3) is 0 Å². The van der Waals surface area contributed by atoms with E-state index in [1.807, 2.05) is 30.6 Å². The van der Waals surface area contributed by atoms with Gasteiger partial charge in [0.1, 0.15) is 5.01 Å². The average Bonchev–Trinajstić information content (AvgIpc) is 3.62. The second kappa shape index (κ2) is 10.5. The largest absolute Gasteiger partial charge is 0.255 e. The molecule has 0 aliphatic heterocycles. The van der Waals surface area contributed by atoms with Gasteiger partial charge >= 0.3 is 0 Å². The van der Waals surface area contributed by atoms with Gasteiger partial charge in [0, 0.05) is 18.0 Å². The molecule has 210 valence electrons. The summed E-state index contributed by atoms with van der Waals surface area (Å²) in [6, 6.07) is 52.3. The highest BCUT2D eigenvalue weighted by atomic mass is 32.1. The summed E-state index contributed by atoms with van der Waals surface area (Å²) in [5, 5.41) is 8.57. The minimum absolute atomic E-state index is 0.947. The molecule has 0 fully saturated rings. The lowest BCUT2D eigenvalue weighted by molar-refractivity contribution is 1.33. The summed E-state index contributed by atoms with van der Waals surface area (Å²) in [6.45, 7) is 0. The number of hydrogen-bond donors (Lipinski definition) is 0. The van der Waals surface area contributed by atoms with Crippen LogP contribution in [-0.4, -0.2) is 9.97 Å². The fourth-order valence-electron chi connectivity index (χ4n) is 6.77. The minimum Gasteiger partial charge on any atom is -0.255 e. The van der Waals surface area contributed by atoms with Crippen molar-refractivity contribution in [1.29, 1.82) is 0 Å². The van der Waals surface area contributed by atoms with Crippen LogP contribution in [0.4, 0.5) is 0 Å². The standard InChI is InChI=1S/C42H26N2S/c1-4-12-27(13-5-1)34-24-35(28-14-6-2-7-15-28)31-21-22-33-37(42-44-26-39(45-42)38-18-10-11-23-43-38)25-36(29-16-8-3-9-17-29)32-20-19-30(34)40(31)41(32)33/h1-26H. The Balaban J connectivity index is 1.43. The molecule has 7 aromatic carbocycles. The lowest BCUT2D eigenvalue weighted by Crippen LogP contribution is -1.94. The van der Waals surface area contributed by atoms with Crippen LogP contribution in [0.1, 0.15) is 0 Å². The Morgan fingerprint density at radius 1 is 0.400 bits per heavy atom. The second-order valence-corrected chi connectivity index (χ2v) is 12.4. The van der Waals surface area contributed by atoms with Crippen molar-refractivity contribution in [2.45, 2.75) is 0 Å². The van der Waals surface area contributed by atoms with Crippen LogP contribution in [0.5, 0.6) is 0 Å². The molecule has 2 heterocycles. The zero-order chi connectivity index (χ0) is 29.7. The first kappa shape index (κ1) is 25.8. The Kier molecular flexibility index (Phi) is 6.03. The molecule has 0 bridgehead atoms. The Labute approximate surface area is 265 Å². The van der Waals surface area contributed by atoms with E-state index < -0.39 is 0 Å². The molecule has 0 N–H and O–H groups in total. The fourth-order valence-corrected chi connectivity index (χ4v) is 7.69. The first-order valence-electron chi connectivity index (χ1n) is 15.2. The van der Waals surface area contributed by atoms with Crippen LogP contribution in [-0.2, 0) is 0 Å². The van der Waals surface area contributed by atoms with E-state index in [0.717, 1.165) is 21.1 Å². The second-order valence-electron chi connectivity index (χ2n) is 11.4. The van der Waals surface area contributed by atoms with Crippen molar-refractivity contribution in [2.24, 2.45) is 0 Å². The number of aromatic nitrogens is 2. The lowest BCUT2D eigenvalue weighted by Gasteiger charge is -2.21. The van der Waals surface area contributed by atoms with Crippen LogP contribution in [0.25, 0.3) is 86.8 Å². The Morgan fingerprint density at radius 3 is 1.31 bits per heavy atom. The molecule has 3 heteroatoms. The third-order valence-corrected chi connectivity index (χ3v) is 9.86. The average molecular weight is 591 g/mol. The van der Waals surface area contributed by atoms with Gasteiger partial charge in [0.2, 0.25) is 0 Å². The Bertz CT molecular complexity index is 2390. The summed E-state index contributed by atoms with van der Waals surface area (Å²) in [4.78, 5) is 10.7. The molecule has 9 rings (SSSR count). The van der Waals surface area contributed by atoms with Crippen molar-refractivity contribution in [2.75, 3.05) is 0 Å². The monoisotopic (exact) mass is 590 g/mol. The third-order valence-electron chi connectivity index (χ3n) is 8.81. The van der Waals surface area contributed by atoms with Crippen molar-refractivity contribution in [3.8, 4) is 54.5 Å². The molecule has 0 radical (unpaired) electrons. The van der Waals surface area contributed by atoms with Crippen LogP contribution in [0.2, 0.25) is 0 Å². The van der Waals surface area contributed by atoms with Gasteiger partial charge in [0.15, 0.2) is 0 Å². The molecule has 0 aliphatic carbocycles. The maximum Gasteiger partial charge on any atom is 0.124 e. The van der Waals surface area contributed by atoms with E-state index in [2.05, 4.69) is 132 Å². The molecule has 2 nitrogen and oxygen atoms in total. The quantitative estimate of drug-likeness (QED) is 0.186. The molecule has 0 saturated carbocycles. The summed E-state index contributed by atoms with van der Waals surface area (Å²) < 4.78 is 0. The zero-order valence-corrected chi connectivity index (χ0v) is 25.1. The molecular weight excluding hydrogens is 565 g/mol. The van der Waals surface area contributed by atoms with Gasteiger partial charge in [-0.2, -0.15) is 0 Å². The summed E-state index contributed by atoms with van der Waals surface area (Å²) in [5.41, 5.74) is 9.44. The summed E-state index contributed by atoms with van der Waals surface area (Å²) >= 11 is 1.70. The van der Waals surface area contributed by atoms with Crippen molar-refractivity contribution >= 4 is 43.7 Å². The van der Waals surface area contributed by atoms with Crippen molar-refractivity contribution < 1.29 is 0 Å². The van der Waals surface area contributed by atoms with E-state index in [1.54, 1.807) is 11.3 Å². The molecule has 9 aromatic rings. The number of benzene rings is 7. The molecule has 2 aromatic heterocycles. The van der Waals surface area contributed by atoms with Gasteiger partial charge in [0.05, 0.1) is 10.6 Å². The topological polar surface area (TPSA) is 25.8 Å². The number of pyridine rings is 1. The number of nitrogens with zero attached hydrogens (tertiary/aromatic N) is 2. The van der Waals surface area contributed by atoms with Gasteiger partial charge in [-0.25, -0.2) is 4.98 Å². The Hall–Kier alpha value is -5.64. The molecule has 0 saturated heterocycles. The highest BCUT2D eigenvalue weighted by Crippen LogP contribution is 2.49. The SMILES string of the molecule is c1ccc(-c2cc(-c3ccccc3)c3ccc4c(-c5ncc(-c6ccccn6)s5)cc(-c5ccccc5)c5ccc2c3c54)cc1. The molecule has 0 atom stereocenters. The van der Waals surface area contributed by atoms with Gasteiger partial charge in [-0.05, 0) is 90.0 Å². The predicted octanol–water partition coefficient (Wildman–Crippen LogP) is 11.8. The highest BCUT2D eigenvalue weighted by molar-refractivity contribution is 7.18. The number of thiazole rings is 1. The van der Waals surface area contributed by atoms with Crippen molar-refractivity contribution in [3.05, 3.63) is 158 Å². The first-order chi connectivity index (χ1) is 22.3. The van der Waals surface area contributed by atoms with Gasteiger partial charge in [-0.15, -0.1) is 11.3 Å². The van der Waals surface area contributed by atoms with Crippen LogP contribution >= 0.6 is 11.3 Å². The lowest BCUT2D eigenvalue weighted by atomic mass is 9.83. The van der Waals surface area contributed by atoms with Gasteiger partial charge in [-0.1, -0.05) is 121 Å². The van der Waals surface area contributed by atoms with E-state index >= 15 is 0 Å². The van der Waals surface area contributed by atoms with Crippen LogP contribution in [0.15, 0.2) is 158 Å². The maximum atomic E-state index is 4.99. The van der Waals surface area contributed by atoms with E-state index in [0.29, 0.717) is 0 Å². The number of rotatable bonds is 5. The molecule has 0 amide bonds. The molecule has 0 unspecified atom stereocenters. The minimum atomic E-state index is 0.947. The summed E-state index contributed by atoms with van der Waals surface area (Å²) in [6.07, 6.45) is 3.80.